The van der Waals surface area contributed by atoms with E-state index in [9.17, 15) is 8.78 Å². The average molecular weight is 122 g/mol. The van der Waals surface area contributed by atoms with Gasteiger partial charge >= 0.3 is 0 Å². The van der Waals surface area contributed by atoms with Gasteiger partial charge in [-0.25, -0.2) is 8.78 Å². The fraction of sp³-hybridized carbons (Fsp3) is 1.00. The van der Waals surface area contributed by atoms with Crippen LogP contribution in [-0.4, -0.2) is 6.43 Å². The molecule has 0 N–H and O–H groups in total. The molecular formula is C6H12F2. The van der Waals surface area contributed by atoms with E-state index in [0.29, 0.717) is 12.3 Å². The second-order valence-corrected chi connectivity index (χ2v) is 2.36. The maximum absolute atomic E-state index is 11.4. The predicted molar refractivity (Wildman–Crippen MR) is 30.1 cm³/mol. The Bertz CT molecular complexity index is 42.5. The highest BCUT2D eigenvalue weighted by molar-refractivity contribution is 4.46. The largest absolute Gasteiger partial charge is 0.238 e. The van der Waals surface area contributed by atoms with E-state index in [-0.39, 0.29) is 6.42 Å². The molecule has 8 heavy (non-hydrogen) atoms. The van der Waals surface area contributed by atoms with Crippen LogP contribution in [0.25, 0.3) is 0 Å². The van der Waals surface area contributed by atoms with Crippen molar-refractivity contribution in [2.45, 2.75) is 33.1 Å². The standard InChI is InChI=1S/C6H12F2/c1-5(2)3-4-6(7)8/h5-6H,3-4H2,1-2H3. The molecule has 0 amide bonds. The van der Waals surface area contributed by atoms with Gasteiger partial charge < -0.3 is 0 Å². The van der Waals surface area contributed by atoms with Crippen LogP contribution in [0.2, 0.25) is 0 Å². The molecule has 0 saturated heterocycles. The first-order chi connectivity index (χ1) is 3.63. The topological polar surface area (TPSA) is 0 Å². The number of alkyl halides is 2. The quantitative estimate of drug-likeness (QED) is 0.540. The monoisotopic (exact) mass is 122 g/mol. The second-order valence-electron chi connectivity index (χ2n) is 2.36. The Morgan fingerprint density at radius 1 is 1.12 bits per heavy atom. The van der Waals surface area contributed by atoms with Crippen molar-refractivity contribution in [3.8, 4) is 0 Å². The number of halogens is 2. The SMILES string of the molecule is CC(C)CCC(F)F. The van der Waals surface area contributed by atoms with Gasteiger partial charge in [-0.15, -0.1) is 0 Å². The van der Waals surface area contributed by atoms with Crippen LogP contribution in [0.3, 0.4) is 0 Å². The van der Waals surface area contributed by atoms with Crippen LogP contribution >= 0.6 is 0 Å². The Labute approximate surface area is 48.9 Å². The Morgan fingerprint density at radius 2 is 1.62 bits per heavy atom. The fourth-order valence-corrected chi connectivity index (χ4v) is 0.459. The minimum Gasteiger partial charge on any atom is -0.211 e. The minimum atomic E-state index is -2.11. The summed E-state index contributed by atoms with van der Waals surface area (Å²) < 4.78 is 22.8. The summed E-state index contributed by atoms with van der Waals surface area (Å²) >= 11 is 0. The van der Waals surface area contributed by atoms with Crippen molar-refractivity contribution >= 4 is 0 Å². The van der Waals surface area contributed by atoms with E-state index in [4.69, 9.17) is 0 Å². The summed E-state index contributed by atoms with van der Waals surface area (Å²) in [6.45, 7) is 3.89. The fourth-order valence-electron chi connectivity index (χ4n) is 0.459. The van der Waals surface area contributed by atoms with E-state index >= 15 is 0 Å². The zero-order valence-corrected chi connectivity index (χ0v) is 5.32. The molecule has 0 radical (unpaired) electrons. The molecule has 0 atom stereocenters. The molecule has 0 aromatic carbocycles. The lowest BCUT2D eigenvalue weighted by atomic mass is 10.1. The zero-order chi connectivity index (χ0) is 6.57. The maximum atomic E-state index is 11.4. The normalized spacial score (nSPS) is 11.2. The Morgan fingerprint density at radius 3 is 1.75 bits per heavy atom. The Kier molecular flexibility index (Phi) is 3.75. The lowest BCUT2D eigenvalue weighted by Crippen LogP contribution is -1.94. The third-order valence-electron chi connectivity index (χ3n) is 0.962. The third-order valence-corrected chi connectivity index (χ3v) is 0.962. The van der Waals surface area contributed by atoms with Gasteiger partial charge in [0.15, 0.2) is 0 Å². The summed E-state index contributed by atoms with van der Waals surface area (Å²) in [5, 5.41) is 0. The summed E-state index contributed by atoms with van der Waals surface area (Å²) in [4.78, 5) is 0. The lowest BCUT2D eigenvalue weighted by molar-refractivity contribution is 0.130. The molecule has 0 fully saturated rings. The minimum absolute atomic E-state index is 0.0532. The van der Waals surface area contributed by atoms with E-state index in [1.54, 1.807) is 0 Å². The van der Waals surface area contributed by atoms with Gasteiger partial charge in [0.25, 0.3) is 0 Å². The van der Waals surface area contributed by atoms with Crippen LogP contribution in [0.1, 0.15) is 26.7 Å². The van der Waals surface area contributed by atoms with Crippen LogP contribution in [0.5, 0.6) is 0 Å². The molecule has 50 valence electrons. The molecule has 0 saturated carbocycles. The molecular weight excluding hydrogens is 110 g/mol. The summed E-state index contributed by atoms with van der Waals surface area (Å²) in [5.41, 5.74) is 0. The summed E-state index contributed by atoms with van der Waals surface area (Å²) in [5.74, 6) is 0.406. The van der Waals surface area contributed by atoms with E-state index < -0.39 is 6.43 Å². The van der Waals surface area contributed by atoms with E-state index in [1.165, 1.54) is 0 Å². The van der Waals surface area contributed by atoms with Crippen LogP contribution < -0.4 is 0 Å². The zero-order valence-electron chi connectivity index (χ0n) is 5.32. The number of hydrogen-bond donors (Lipinski definition) is 0. The van der Waals surface area contributed by atoms with Gasteiger partial charge in [0.2, 0.25) is 6.43 Å². The lowest BCUT2D eigenvalue weighted by Gasteiger charge is -2.01. The summed E-state index contributed by atoms with van der Waals surface area (Å²) in [7, 11) is 0. The number of hydrogen-bond acceptors (Lipinski definition) is 0. The van der Waals surface area contributed by atoms with Crippen molar-refractivity contribution in [2.24, 2.45) is 5.92 Å². The Balaban J connectivity index is 2.93. The Hall–Kier alpha value is -0.140. The molecule has 0 rings (SSSR count). The van der Waals surface area contributed by atoms with Crippen LogP contribution in [0.15, 0.2) is 0 Å². The van der Waals surface area contributed by atoms with Crippen LogP contribution in [0.4, 0.5) is 8.78 Å². The van der Waals surface area contributed by atoms with E-state index in [1.807, 2.05) is 13.8 Å². The molecule has 0 spiro atoms. The van der Waals surface area contributed by atoms with Crippen molar-refractivity contribution in [3.63, 3.8) is 0 Å². The smallest absolute Gasteiger partial charge is 0.211 e. The molecule has 0 aliphatic carbocycles. The molecule has 0 aliphatic heterocycles. The van der Waals surface area contributed by atoms with Crippen molar-refractivity contribution in [3.05, 3.63) is 0 Å². The van der Waals surface area contributed by atoms with Gasteiger partial charge in [-0.2, -0.15) is 0 Å². The van der Waals surface area contributed by atoms with E-state index in [2.05, 4.69) is 0 Å². The van der Waals surface area contributed by atoms with Gasteiger partial charge in [0.05, 0.1) is 0 Å². The van der Waals surface area contributed by atoms with Crippen molar-refractivity contribution in [1.82, 2.24) is 0 Å². The maximum Gasteiger partial charge on any atom is 0.238 e. The molecule has 0 aromatic rings. The number of rotatable bonds is 3. The first-order valence-corrected chi connectivity index (χ1v) is 2.91. The molecule has 0 aromatic heterocycles. The summed E-state index contributed by atoms with van der Waals surface area (Å²) in [6.07, 6.45) is -1.42. The molecule has 0 heterocycles. The van der Waals surface area contributed by atoms with Gasteiger partial charge in [-0.3, -0.25) is 0 Å². The molecule has 0 bridgehead atoms. The summed E-state index contributed by atoms with van der Waals surface area (Å²) in [6, 6.07) is 0. The van der Waals surface area contributed by atoms with Crippen LogP contribution in [-0.2, 0) is 0 Å². The molecule has 0 unspecified atom stereocenters. The van der Waals surface area contributed by atoms with Crippen molar-refractivity contribution in [2.75, 3.05) is 0 Å². The van der Waals surface area contributed by atoms with Gasteiger partial charge in [-0.1, -0.05) is 13.8 Å². The second kappa shape index (κ2) is 3.81. The highest BCUT2D eigenvalue weighted by Gasteiger charge is 2.02. The van der Waals surface area contributed by atoms with Crippen LogP contribution in [0, 0.1) is 5.92 Å². The van der Waals surface area contributed by atoms with Crippen molar-refractivity contribution in [1.29, 1.82) is 0 Å². The first kappa shape index (κ1) is 7.86. The molecule has 2 heteroatoms. The van der Waals surface area contributed by atoms with Crippen molar-refractivity contribution < 1.29 is 8.78 Å². The highest BCUT2D eigenvalue weighted by atomic mass is 19.3. The molecule has 0 aliphatic rings. The van der Waals surface area contributed by atoms with E-state index in [0.717, 1.165) is 0 Å². The average Bonchev–Trinajstić information content (AvgIpc) is 1.61. The van der Waals surface area contributed by atoms with Gasteiger partial charge in [0.1, 0.15) is 0 Å². The van der Waals surface area contributed by atoms with Gasteiger partial charge in [0, 0.05) is 6.42 Å². The third kappa shape index (κ3) is 5.86. The van der Waals surface area contributed by atoms with Gasteiger partial charge in [-0.05, 0) is 12.3 Å². The first-order valence-electron chi connectivity index (χ1n) is 2.91. The highest BCUT2D eigenvalue weighted by Crippen LogP contribution is 2.09. The predicted octanol–water partition coefficient (Wildman–Crippen LogP) is 2.69. The molecule has 0 nitrogen and oxygen atoms in total.